The Kier molecular flexibility index (Phi) is 5.90. The van der Waals surface area contributed by atoms with Gasteiger partial charge in [-0.25, -0.2) is 4.39 Å². The van der Waals surface area contributed by atoms with Crippen molar-refractivity contribution in [3.8, 4) is 5.75 Å². The zero-order valence-corrected chi connectivity index (χ0v) is 15.2. The van der Waals surface area contributed by atoms with Crippen LogP contribution in [0.5, 0.6) is 5.75 Å². The quantitative estimate of drug-likeness (QED) is 0.872. The Bertz CT molecular complexity index is 802. The van der Waals surface area contributed by atoms with Gasteiger partial charge >= 0.3 is 0 Å². The Hall–Kier alpha value is -3.09. The first kappa shape index (κ1) is 18.7. The smallest absolute Gasteiger partial charge is 0.251 e. The lowest BCUT2D eigenvalue weighted by atomic mass is 10.2. The lowest BCUT2D eigenvalue weighted by molar-refractivity contribution is -0.130. The molecule has 2 amide bonds. The summed E-state index contributed by atoms with van der Waals surface area (Å²) in [5, 5.41) is 2.59. The standard InChI is InChI=1S/C20H22FN3O3/c1-27-18-5-3-2-4-17(18)23-10-12-24(13-11-23)19(25)14-22-20(26)15-6-8-16(21)9-7-15/h2-9H,10-14H2,1H3,(H,22,26). The molecule has 142 valence electrons. The van der Waals surface area contributed by atoms with Crippen molar-refractivity contribution in [2.45, 2.75) is 0 Å². The number of piperazine rings is 1. The van der Waals surface area contributed by atoms with E-state index in [0.29, 0.717) is 31.7 Å². The minimum atomic E-state index is -0.407. The molecule has 7 heteroatoms. The molecule has 0 radical (unpaired) electrons. The normalized spacial score (nSPS) is 14.0. The van der Waals surface area contributed by atoms with E-state index in [1.165, 1.54) is 24.3 Å². The monoisotopic (exact) mass is 371 g/mol. The van der Waals surface area contributed by atoms with E-state index >= 15 is 0 Å². The van der Waals surface area contributed by atoms with Gasteiger partial charge in [0.1, 0.15) is 11.6 Å². The maximum Gasteiger partial charge on any atom is 0.251 e. The van der Waals surface area contributed by atoms with Crippen LogP contribution >= 0.6 is 0 Å². The molecule has 3 rings (SSSR count). The van der Waals surface area contributed by atoms with Crippen LogP contribution in [-0.2, 0) is 4.79 Å². The molecule has 0 spiro atoms. The zero-order chi connectivity index (χ0) is 19.2. The number of nitrogens with one attached hydrogen (secondary N) is 1. The molecule has 1 heterocycles. The predicted octanol–water partition coefficient (Wildman–Crippen LogP) is 1.91. The molecule has 1 fully saturated rings. The minimum Gasteiger partial charge on any atom is -0.495 e. The average Bonchev–Trinajstić information content (AvgIpc) is 2.72. The highest BCUT2D eigenvalue weighted by Gasteiger charge is 2.23. The van der Waals surface area contributed by atoms with Crippen LogP contribution in [0.3, 0.4) is 0 Å². The second-order valence-electron chi connectivity index (χ2n) is 6.23. The second kappa shape index (κ2) is 8.53. The molecular weight excluding hydrogens is 349 g/mol. The van der Waals surface area contributed by atoms with Crippen LogP contribution in [0, 0.1) is 5.82 Å². The van der Waals surface area contributed by atoms with E-state index in [0.717, 1.165) is 11.4 Å². The number of carbonyl (C=O) groups is 2. The topological polar surface area (TPSA) is 61.9 Å². The summed E-state index contributed by atoms with van der Waals surface area (Å²) in [4.78, 5) is 28.3. The van der Waals surface area contributed by atoms with E-state index in [4.69, 9.17) is 4.74 Å². The molecule has 1 aliphatic heterocycles. The highest BCUT2D eigenvalue weighted by atomic mass is 19.1. The van der Waals surface area contributed by atoms with E-state index in [1.807, 2.05) is 24.3 Å². The fourth-order valence-corrected chi connectivity index (χ4v) is 3.06. The van der Waals surface area contributed by atoms with Crippen LogP contribution < -0.4 is 15.0 Å². The van der Waals surface area contributed by atoms with Crippen LogP contribution in [0.25, 0.3) is 0 Å². The Morgan fingerprint density at radius 2 is 1.70 bits per heavy atom. The van der Waals surface area contributed by atoms with Gasteiger partial charge in [-0.2, -0.15) is 0 Å². The molecule has 0 aliphatic carbocycles. The number of hydrogen-bond donors (Lipinski definition) is 1. The highest BCUT2D eigenvalue weighted by Crippen LogP contribution is 2.28. The van der Waals surface area contributed by atoms with E-state index in [2.05, 4.69) is 10.2 Å². The lowest BCUT2D eigenvalue weighted by Gasteiger charge is -2.36. The minimum absolute atomic E-state index is 0.0785. The van der Waals surface area contributed by atoms with Gasteiger partial charge in [0, 0.05) is 31.7 Å². The zero-order valence-electron chi connectivity index (χ0n) is 15.2. The van der Waals surface area contributed by atoms with Crippen molar-refractivity contribution in [3.63, 3.8) is 0 Å². The first-order chi connectivity index (χ1) is 13.1. The van der Waals surface area contributed by atoms with Gasteiger partial charge in [0.25, 0.3) is 5.91 Å². The molecule has 1 saturated heterocycles. The van der Waals surface area contributed by atoms with Crippen LogP contribution in [0.15, 0.2) is 48.5 Å². The van der Waals surface area contributed by atoms with Crippen molar-refractivity contribution in [2.24, 2.45) is 0 Å². The number of carbonyl (C=O) groups excluding carboxylic acids is 2. The maximum absolute atomic E-state index is 12.9. The molecule has 0 atom stereocenters. The molecule has 0 aromatic heterocycles. The molecule has 2 aromatic carbocycles. The Balaban J connectivity index is 1.50. The van der Waals surface area contributed by atoms with Gasteiger partial charge in [0.05, 0.1) is 19.3 Å². The van der Waals surface area contributed by atoms with Crippen LogP contribution in [0.4, 0.5) is 10.1 Å². The molecule has 0 unspecified atom stereocenters. The molecule has 0 saturated carbocycles. The van der Waals surface area contributed by atoms with Crippen molar-refractivity contribution in [2.75, 3.05) is 44.7 Å². The summed E-state index contributed by atoms with van der Waals surface area (Å²) in [6.45, 7) is 2.45. The maximum atomic E-state index is 12.9. The number of ether oxygens (including phenoxy) is 1. The number of para-hydroxylation sites is 2. The fourth-order valence-electron chi connectivity index (χ4n) is 3.06. The van der Waals surface area contributed by atoms with Gasteiger partial charge in [-0.3, -0.25) is 9.59 Å². The molecule has 27 heavy (non-hydrogen) atoms. The van der Waals surface area contributed by atoms with Gasteiger partial charge in [-0.1, -0.05) is 12.1 Å². The molecule has 1 aliphatic rings. The van der Waals surface area contributed by atoms with Gasteiger partial charge < -0.3 is 19.9 Å². The molecule has 1 N–H and O–H groups in total. The van der Waals surface area contributed by atoms with Crippen LogP contribution in [0.2, 0.25) is 0 Å². The number of anilines is 1. The summed E-state index contributed by atoms with van der Waals surface area (Å²) in [7, 11) is 1.64. The van der Waals surface area contributed by atoms with E-state index in [-0.39, 0.29) is 12.5 Å². The molecule has 2 aromatic rings. The third kappa shape index (κ3) is 4.55. The van der Waals surface area contributed by atoms with Gasteiger partial charge in [-0.15, -0.1) is 0 Å². The number of nitrogens with zero attached hydrogens (tertiary/aromatic N) is 2. The van der Waals surface area contributed by atoms with Gasteiger partial charge in [0.15, 0.2) is 0 Å². The van der Waals surface area contributed by atoms with E-state index in [1.54, 1.807) is 12.0 Å². The number of methoxy groups -OCH3 is 1. The Labute approximate surface area is 157 Å². The van der Waals surface area contributed by atoms with Crippen molar-refractivity contribution >= 4 is 17.5 Å². The Morgan fingerprint density at radius 1 is 1.04 bits per heavy atom. The number of halogens is 1. The van der Waals surface area contributed by atoms with Gasteiger partial charge in [-0.05, 0) is 36.4 Å². The summed E-state index contributed by atoms with van der Waals surface area (Å²) in [5.74, 6) is -0.125. The van der Waals surface area contributed by atoms with Crippen molar-refractivity contribution < 1.29 is 18.7 Å². The first-order valence-electron chi connectivity index (χ1n) is 8.78. The average molecular weight is 371 g/mol. The third-order valence-corrected chi connectivity index (χ3v) is 4.56. The Morgan fingerprint density at radius 3 is 2.37 bits per heavy atom. The summed E-state index contributed by atoms with van der Waals surface area (Å²) >= 11 is 0. The van der Waals surface area contributed by atoms with Crippen LogP contribution in [0.1, 0.15) is 10.4 Å². The number of benzene rings is 2. The molecular formula is C20H22FN3O3. The predicted molar refractivity (Wildman–Crippen MR) is 101 cm³/mol. The second-order valence-corrected chi connectivity index (χ2v) is 6.23. The third-order valence-electron chi connectivity index (χ3n) is 4.56. The highest BCUT2D eigenvalue weighted by molar-refractivity contribution is 5.96. The van der Waals surface area contributed by atoms with E-state index < -0.39 is 11.7 Å². The van der Waals surface area contributed by atoms with E-state index in [9.17, 15) is 14.0 Å². The molecule has 6 nitrogen and oxygen atoms in total. The number of hydrogen-bond acceptors (Lipinski definition) is 4. The summed E-state index contributed by atoms with van der Waals surface area (Å²) in [6.07, 6.45) is 0. The molecule has 0 bridgehead atoms. The number of amides is 2. The van der Waals surface area contributed by atoms with Crippen molar-refractivity contribution in [3.05, 3.63) is 59.9 Å². The largest absolute Gasteiger partial charge is 0.495 e. The van der Waals surface area contributed by atoms with Gasteiger partial charge in [0.2, 0.25) is 5.91 Å². The summed E-state index contributed by atoms with van der Waals surface area (Å²) in [5.41, 5.74) is 1.34. The summed E-state index contributed by atoms with van der Waals surface area (Å²) < 4.78 is 18.3. The summed E-state index contributed by atoms with van der Waals surface area (Å²) in [6, 6.07) is 13.0. The first-order valence-corrected chi connectivity index (χ1v) is 8.78. The van der Waals surface area contributed by atoms with Crippen molar-refractivity contribution in [1.82, 2.24) is 10.2 Å². The van der Waals surface area contributed by atoms with Crippen LogP contribution in [-0.4, -0.2) is 56.5 Å². The fraction of sp³-hybridized carbons (Fsp3) is 0.300. The lowest BCUT2D eigenvalue weighted by Crippen LogP contribution is -2.51. The van der Waals surface area contributed by atoms with Crippen molar-refractivity contribution in [1.29, 1.82) is 0 Å². The SMILES string of the molecule is COc1ccccc1N1CCN(C(=O)CNC(=O)c2ccc(F)cc2)CC1. The number of rotatable bonds is 5.